The Hall–Kier alpha value is -1.99. The molecule has 33 heavy (non-hydrogen) atoms. The Morgan fingerprint density at radius 2 is 1.94 bits per heavy atom. The summed E-state index contributed by atoms with van der Waals surface area (Å²) in [4.78, 5) is 3.45. The van der Waals surface area contributed by atoms with Crippen molar-refractivity contribution in [3.8, 4) is 0 Å². The molecular weight excluding hydrogens is 454 g/mol. The maximum atomic E-state index is 11.1. The van der Waals surface area contributed by atoms with Crippen LogP contribution in [0.15, 0.2) is 46.5 Å². The molecule has 0 amide bonds. The third kappa shape index (κ3) is 3.68. The van der Waals surface area contributed by atoms with Gasteiger partial charge in [-0.25, -0.2) is 0 Å². The predicted octanol–water partition coefficient (Wildman–Crippen LogP) is 6.28. The minimum Gasteiger partial charge on any atom is -0.459 e. The summed E-state index contributed by atoms with van der Waals surface area (Å²) in [6.45, 7) is 6.59. The summed E-state index contributed by atoms with van der Waals surface area (Å²) in [7, 11) is 0. The largest absolute Gasteiger partial charge is 0.459 e. The molecule has 0 bridgehead atoms. The molecule has 1 spiro atoms. The number of fused-ring (bicyclic) bond motifs is 4. The van der Waals surface area contributed by atoms with Crippen LogP contribution in [0.1, 0.15) is 61.1 Å². The van der Waals surface area contributed by atoms with Crippen LogP contribution in [0.4, 0.5) is 5.69 Å². The van der Waals surface area contributed by atoms with E-state index in [4.69, 9.17) is 16.0 Å². The highest BCUT2D eigenvalue weighted by atomic mass is 35.5. The molecule has 7 heteroatoms. The maximum absolute atomic E-state index is 11.1. The quantitative estimate of drug-likeness (QED) is 0.409. The van der Waals surface area contributed by atoms with Crippen molar-refractivity contribution in [3.63, 3.8) is 0 Å². The van der Waals surface area contributed by atoms with Crippen molar-refractivity contribution in [1.82, 2.24) is 10.2 Å². The van der Waals surface area contributed by atoms with E-state index < -0.39 is 5.60 Å². The number of rotatable bonds is 3. The summed E-state index contributed by atoms with van der Waals surface area (Å²) >= 11 is 8.40. The number of furan rings is 1. The van der Waals surface area contributed by atoms with Crippen molar-refractivity contribution in [2.45, 2.75) is 62.6 Å². The zero-order chi connectivity index (χ0) is 22.6. The van der Waals surface area contributed by atoms with E-state index in [-0.39, 0.29) is 5.54 Å². The molecule has 3 N–H and O–H groups in total. The van der Waals surface area contributed by atoms with E-state index in [1.807, 2.05) is 23.6 Å². The van der Waals surface area contributed by atoms with Gasteiger partial charge in [0.25, 0.3) is 0 Å². The smallest absolute Gasteiger partial charge is 0.142 e. The Balaban J connectivity index is 1.29. The first-order chi connectivity index (χ1) is 16.0. The third-order valence-corrected chi connectivity index (χ3v) is 9.07. The lowest BCUT2D eigenvalue weighted by molar-refractivity contribution is -0.0259. The van der Waals surface area contributed by atoms with Gasteiger partial charge in [0.2, 0.25) is 0 Å². The highest BCUT2D eigenvalue weighted by Crippen LogP contribution is 2.50. The molecule has 4 heterocycles. The van der Waals surface area contributed by atoms with Crippen LogP contribution >= 0.6 is 22.9 Å². The molecule has 3 aromatic rings. The van der Waals surface area contributed by atoms with Crippen LogP contribution in [-0.4, -0.2) is 23.1 Å². The lowest BCUT2D eigenvalue weighted by Gasteiger charge is -2.44. The van der Waals surface area contributed by atoms with Gasteiger partial charge in [0.05, 0.1) is 28.6 Å². The summed E-state index contributed by atoms with van der Waals surface area (Å²) in [5, 5.41) is 21.9. The van der Waals surface area contributed by atoms with Crippen LogP contribution in [0.3, 0.4) is 0 Å². The molecule has 5 nitrogen and oxygen atoms in total. The molecule has 1 saturated heterocycles. The molecule has 3 aliphatic rings. The van der Waals surface area contributed by atoms with Gasteiger partial charge in [-0.2, -0.15) is 0 Å². The fraction of sp³-hybridized carbons (Fsp3) is 0.462. The highest BCUT2D eigenvalue weighted by molar-refractivity contribution is 7.10. The van der Waals surface area contributed by atoms with Gasteiger partial charge >= 0.3 is 0 Å². The second-order valence-electron chi connectivity index (χ2n) is 9.90. The number of likely N-dealkylation sites (tertiary alicyclic amines) is 1. The Kier molecular flexibility index (Phi) is 5.25. The fourth-order valence-electron chi connectivity index (χ4n) is 6.01. The van der Waals surface area contributed by atoms with Gasteiger partial charge in [-0.1, -0.05) is 43.5 Å². The Bertz CT molecular complexity index is 1190. The van der Waals surface area contributed by atoms with Crippen LogP contribution in [0.2, 0.25) is 5.02 Å². The molecule has 2 aliphatic heterocycles. The summed E-state index contributed by atoms with van der Waals surface area (Å²) in [6, 6.07) is 8.21. The van der Waals surface area contributed by atoms with Crippen molar-refractivity contribution < 1.29 is 9.52 Å². The Morgan fingerprint density at radius 1 is 1.15 bits per heavy atom. The number of thiophene rings is 1. The van der Waals surface area contributed by atoms with Gasteiger partial charge in [0.1, 0.15) is 16.9 Å². The van der Waals surface area contributed by atoms with E-state index in [0.717, 1.165) is 89.0 Å². The average Bonchev–Trinajstić information content (AvgIpc) is 3.47. The molecule has 2 fully saturated rings. The number of hydrogen-bond acceptors (Lipinski definition) is 6. The van der Waals surface area contributed by atoms with Crippen molar-refractivity contribution >= 4 is 39.6 Å². The molecular formula is C26H30ClN3O2S. The summed E-state index contributed by atoms with van der Waals surface area (Å²) < 4.78 is 6.54. The van der Waals surface area contributed by atoms with E-state index in [0.29, 0.717) is 0 Å². The number of piperidine rings is 1. The van der Waals surface area contributed by atoms with Gasteiger partial charge in [0.15, 0.2) is 0 Å². The normalized spacial score (nSPS) is 22.2. The third-order valence-electron chi connectivity index (χ3n) is 7.70. The standard InChI is InChI=1S/C26H30ClN3O2S/c1-17-28-23-20(27)15-18-14-19(32-24(18)22(23)25(29-17)7-3-2-4-8-25)16-30-11-9-26(31,10-12-30)21-6-5-13-33-21/h5-6,13-15,28-29,31H,1-4,7-12,16H2. The van der Waals surface area contributed by atoms with Gasteiger partial charge in [0, 0.05) is 28.9 Å². The van der Waals surface area contributed by atoms with Crippen LogP contribution in [0.25, 0.3) is 11.0 Å². The Labute approximate surface area is 203 Å². The second kappa shape index (κ2) is 8.05. The van der Waals surface area contributed by atoms with Gasteiger partial charge in [-0.05, 0) is 49.3 Å². The molecule has 2 aromatic heterocycles. The summed E-state index contributed by atoms with van der Waals surface area (Å²) in [5.74, 6) is 1.76. The number of nitrogens with one attached hydrogen (secondary N) is 2. The van der Waals surface area contributed by atoms with Crippen molar-refractivity contribution in [1.29, 1.82) is 0 Å². The zero-order valence-electron chi connectivity index (χ0n) is 18.8. The molecule has 1 aliphatic carbocycles. The maximum Gasteiger partial charge on any atom is 0.142 e. The van der Waals surface area contributed by atoms with E-state index in [9.17, 15) is 5.11 Å². The van der Waals surface area contributed by atoms with E-state index >= 15 is 0 Å². The Morgan fingerprint density at radius 3 is 2.67 bits per heavy atom. The van der Waals surface area contributed by atoms with E-state index in [2.05, 4.69) is 28.2 Å². The van der Waals surface area contributed by atoms with Crippen LogP contribution in [-0.2, 0) is 17.7 Å². The van der Waals surface area contributed by atoms with Gasteiger partial charge in [-0.15, -0.1) is 11.3 Å². The summed E-state index contributed by atoms with van der Waals surface area (Å²) in [5.41, 5.74) is 2.17. The minimum atomic E-state index is -0.696. The molecule has 1 saturated carbocycles. The number of hydrogen-bond donors (Lipinski definition) is 3. The number of aliphatic hydroxyl groups is 1. The monoisotopic (exact) mass is 483 g/mol. The van der Waals surface area contributed by atoms with Crippen LogP contribution in [0.5, 0.6) is 0 Å². The van der Waals surface area contributed by atoms with E-state index in [1.165, 1.54) is 19.3 Å². The fourth-order valence-corrected chi connectivity index (χ4v) is 7.16. The molecule has 0 atom stereocenters. The minimum absolute atomic E-state index is 0.170. The SMILES string of the molecule is C=C1Nc2c(Cl)cc3cc(CN4CCC(O)(c5cccs5)CC4)oc3c2C2(CCCCC2)N1. The number of halogens is 1. The molecule has 0 unspecified atom stereocenters. The first kappa shape index (κ1) is 21.5. The summed E-state index contributed by atoms with van der Waals surface area (Å²) in [6.07, 6.45) is 7.23. The van der Waals surface area contributed by atoms with Crippen molar-refractivity contribution in [3.05, 3.63) is 63.3 Å². The first-order valence-corrected chi connectivity index (χ1v) is 13.2. The predicted molar refractivity (Wildman–Crippen MR) is 135 cm³/mol. The molecule has 6 rings (SSSR count). The molecule has 174 valence electrons. The van der Waals surface area contributed by atoms with Crippen molar-refractivity contribution in [2.24, 2.45) is 0 Å². The lowest BCUT2D eigenvalue weighted by Crippen LogP contribution is -2.48. The van der Waals surface area contributed by atoms with Crippen LogP contribution < -0.4 is 10.6 Å². The number of nitrogens with zero attached hydrogens (tertiary/aromatic N) is 1. The second-order valence-corrected chi connectivity index (χ2v) is 11.3. The van der Waals surface area contributed by atoms with Crippen molar-refractivity contribution in [2.75, 3.05) is 18.4 Å². The van der Waals surface area contributed by atoms with Crippen LogP contribution in [0, 0.1) is 0 Å². The molecule has 0 radical (unpaired) electrons. The lowest BCUT2D eigenvalue weighted by atomic mass is 9.74. The highest BCUT2D eigenvalue weighted by Gasteiger charge is 2.42. The first-order valence-electron chi connectivity index (χ1n) is 11.9. The number of anilines is 1. The van der Waals surface area contributed by atoms with Gasteiger partial charge in [-0.3, -0.25) is 4.90 Å². The van der Waals surface area contributed by atoms with E-state index in [1.54, 1.807) is 11.3 Å². The molecule has 1 aromatic carbocycles. The zero-order valence-corrected chi connectivity index (χ0v) is 20.3. The average molecular weight is 484 g/mol. The topological polar surface area (TPSA) is 60.7 Å². The van der Waals surface area contributed by atoms with Gasteiger partial charge < -0.3 is 20.2 Å². The number of benzene rings is 1.